The zero-order valence-electron chi connectivity index (χ0n) is 10.6. The van der Waals surface area contributed by atoms with Crippen molar-refractivity contribution < 1.29 is 13.2 Å². The zero-order valence-corrected chi connectivity index (χ0v) is 12.2. The Hall–Kier alpha value is -0.620. The van der Waals surface area contributed by atoms with Gasteiger partial charge in [-0.3, -0.25) is 0 Å². The largest absolute Gasteiger partial charge is 0.381 e. The van der Waals surface area contributed by atoms with Crippen molar-refractivity contribution in [2.75, 3.05) is 19.1 Å². The molecule has 0 radical (unpaired) electrons. The molecule has 4 nitrogen and oxygen atoms in total. The van der Waals surface area contributed by atoms with E-state index in [1.807, 2.05) is 30.3 Å². The molecular weight excluding hydrogens is 286 g/mol. The van der Waals surface area contributed by atoms with Gasteiger partial charge in [0.2, 0.25) is 10.0 Å². The summed E-state index contributed by atoms with van der Waals surface area (Å²) in [5, 5.41) is -0.379. The fourth-order valence-electron chi connectivity index (χ4n) is 2.15. The van der Waals surface area contributed by atoms with E-state index in [4.69, 9.17) is 16.3 Å². The Bertz CT molecular complexity index is 486. The molecule has 1 heterocycles. The first-order valence-corrected chi connectivity index (χ1v) is 8.41. The van der Waals surface area contributed by atoms with Crippen molar-refractivity contribution in [1.82, 2.24) is 4.72 Å². The molecule has 1 N–H and O–H groups in total. The molecule has 1 fully saturated rings. The second-order valence-corrected chi connectivity index (χ2v) is 6.89. The van der Waals surface area contributed by atoms with Gasteiger partial charge < -0.3 is 4.74 Å². The van der Waals surface area contributed by atoms with Gasteiger partial charge in [-0.05, 0) is 18.4 Å². The molecular formula is C13H18ClNO3S. The van der Waals surface area contributed by atoms with Crippen molar-refractivity contribution in [2.24, 2.45) is 0 Å². The van der Waals surface area contributed by atoms with E-state index in [9.17, 15) is 8.42 Å². The molecule has 1 aromatic carbocycles. The SMILES string of the molecule is O=S(=O)(NC(CCl)c1ccccc1)C1CCOCC1. The van der Waals surface area contributed by atoms with Crippen LogP contribution in [0.3, 0.4) is 0 Å². The molecule has 0 aliphatic carbocycles. The highest BCUT2D eigenvalue weighted by Crippen LogP contribution is 2.20. The molecule has 1 aliphatic rings. The lowest BCUT2D eigenvalue weighted by atomic mass is 10.1. The highest BCUT2D eigenvalue weighted by molar-refractivity contribution is 7.90. The Morgan fingerprint density at radius 3 is 2.47 bits per heavy atom. The molecule has 0 saturated carbocycles. The number of halogens is 1. The van der Waals surface area contributed by atoms with Crippen LogP contribution < -0.4 is 4.72 Å². The number of sulfonamides is 1. The normalized spacial score (nSPS) is 19.2. The number of ether oxygens (including phenoxy) is 1. The summed E-state index contributed by atoms with van der Waals surface area (Å²) < 4.78 is 32.5. The van der Waals surface area contributed by atoms with Gasteiger partial charge in [0.25, 0.3) is 0 Å². The van der Waals surface area contributed by atoms with E-state index in [0.29, 0.717) is 26.1 Å². The summed E-state index contributed by atoms with van der Waals surface area (Å²) in [7, 11) is -3.36. The third kappa shape index (κ3) is 3.92. The monoisotopic (exact) mass is 303 g/mol. The van der Waals surface area contributed by atoms with Gasteiger partial charge in [-0.15, -0.1) is 11.6 Å². The molecule has 6 heteroatoms. The maximum Gasteiger partial charge on any atom is 0.215 e. The molecule has 1 aromatic rings. The van der Waals surface area contributed by atoms with E-state index < -0.39 is 10.0 Å². The van der Waals surface area contributed by atoms with Gasteiger partial charge in [-0.25, -0.2) is 13.1 Å². The van der Waals surface area contributed by atoms with Crippen LogP contribution in [-0.2, 0) is 14.8 Å². The van der Waals surface area contributed by atoms with Crippen molar-refractivity contribution in [3.8, 4) is 0 Å². The highest BCUT2D eigenvalue weighted by Gasteiger charge is 2.29. The molecule has 0 bridgehead atoms. The van der Waals surface area contributed by atoms with Crippen molar-refractivity contribution in [3.05, 3.63) is 35.9 Å². The van der Waals surface area contributed by atoms with Crippen LogP contribution in [0.5, 0.6) is 0 Å². The van der Waals surface area contributed by atoms with Crippen LogP contribution in [0.2, 0.25) is 0 Å². The van der Waals surface area contributed by atoms with Crippen LogP contribution in [-0.4, -0.2) is 32.8 Å². The molecule has 106 valence electrons. The molecule has 1 unspecified atom stereocenters. The fourth-order valence-corrected chi connectivity index (χ4v) is 4.12. The predicted molar refractivity (Wildman–Crippen MR) is 75.8 cm³/mol. The van der Waals surface area contributed by atoms with Crippen LogP contribution in [0.1, 0.15) is 24.4 Å². The molecule has 19 heavy (non-hydrogen) atoms. The van der Waals surface area contributed by atoms with Gasteiger partial charge >= 0.3 is 0 Å². The van der Waals surface area contributed by atoms with Gasteiger partial charge in [-0.2, -0.15) is 0 Å². The summed E-state index contributed by atoms with van der Waals surface area (Å²) in [5.41, 5.74) is 0.883. The van der Waals surface area contributed by atoms with E-state index in [2.05, 4.69) is 4.72 Å². The quantitative estimate of drug-likeness (QED) is 0.847. The topological polar surface area (TPSA) is 55.4 Å². The summed E-state index contributed by atoms with van der Waals surface area (Å²) in [4.78, 5) is 0. The minimum absolute atomic E-state index is 0.215. The number of alkyl halides is 1. The van der Waals surface area contributed by atoms with Gasteiger partial charge in [-0.1, -0.05) is 30.3 Å². The van der Waals surface area contributed by atoms with Gasteiger partial charge in [0, 0.05) is 19.1 Å². The van der Waals surface area contributed by atoms with E-state index in [1.54, 1.807) is 0 Å². The van der Waals surface area contributed by atoms with E-state index in [0.717, 1.165) is 5.56 Å². The summed E-state index contributed by atoms with van der Waals surface area (Å²) >= 11 is 5.90. The summed E-state index contributed by atoms with van der Waals surface area (Å²) in [6.07, 6.45) is 1.08. The average molecular weight is 304 g/mol. The van der Waals surface area contributed by atoms with Crippen molar-refractivity contribution >= 4 is 21.6 Å². The van der Waals surface area contributed by atoms with Crippen LogP contribution in [0, 0.1) is 0 Å². The lowest BCUT2D eigenvalue weighted by molar-refractivity contribution is 0.0981. The zero-order chi connectivity index (χ0) is 13.7. The van der Waals surface area contributed by atoms with Crippen molar-refractivity contribution in [2.45, 2.75) is 24.1 Å². The molecule has 1 atom stereocenters. The Morgan fingerprint density at radius 1 is 1.26 bits per heavy atom. The first-order chi connectivity index (χ1) is 9.13. The first-order valence-electron chi connectivity index (χ1n) is 6.33. The van der Waals surface area contributed by atoms with Crippen molar-refractivity contribution in [3.63, 3.8) is 0 Å². The minimum atomic E-state index is -3.36. The molecule has 0 spiro atoms. The van der Waals surface area contributed by atoms with Crippen LogP contribution in [0.4, 0.5) is 0 Å². The number of nitrogens with one attached hydrogen (secondary N) is 1. The number of benzene rings is 1. The Balaban J connectivity index is 2.09. The average Bonchev–Trinajstić information content (AvgIpc) is 2.47. The van der Waals surface area contributed by atoms with E-state index in [-0.39, 0.29) is 17.2 Å². The van der Waals surface area contributed by atoms with Crippen LogP contribution >= 0.6 is 11.6 Å². The Morgan fingerprint density at radius 2 is 1.89 bits per heavy atom. The molecule has 1 saturated heterocycles. The third-order valence-electron chi connectivity index (χ3n) is 3.27. The third-order valence-corrected chi connectivity index (χ3v) is 5.54. The lowest BCUT2D eigenvalue weighted by Crippen LogP contribution is -2.40. The second-order valence-electron chi connectivity index (χ2n) is 4.59. The molecule has 0 aromatic heterocycles. The number of hydrogen-bond acceptors (Lipinski definition) is 3. The van der Waals surface area contributed by atoms with Gasteiger partial charge in [0.1, 0.15) is 0 Å². The Kier molecular flexibility index (Phi) is 5.21. The van der Waals surface area contributed by atoms with Gasteiger partial charge in [0.05, 0.1) is 11.3 Å². The van der Waals surface area contributed by atoms with E-state index >= 15 is 0 Å². The van der Waals surface area contributed by atoms with E-state index in [1.165, 1.54) is 0 Å². The summed E-state index contributed by atoms with van der Waals surface area (Å²) in [6, 6.07) is 9.01. The predicted octanol–water partition coefficient (Wildman–Crippen LogP) is 2.06. The number of rotatable bonds is 5. The lowest BCUT2D eigenvalue weighted by Gasteiger charge is -2.25. The highest BCUT2D eigenvalue weighted by atomic mass is 35.5. The Labute approximate surface area is 119 Å². The minimum Gasteiger partial charge on any atom is -0.381 e. The first kappa shape index (κ1) is 14.8. The standard InChI is InChI=1S/C13H18ClNO3S/c14-10-13(11-4-2-1-3-5-11)15-19(16,17)12-6-8-18-9-7-12/h1-5,12-13,15H,6-10H2. The molecule has 0 amide bonds. The van der Waals surface area contributed by atoms with Crippen molar-refractivity contribution in [1.29, 1.82) is 0 Å². The summed E-state index contributed by atoms with van der Waals surface area (Å²) in [6.45, 7) is 1.00. The van der Waals surface area contributed by atoms with Crippen LogP contribution in [0.25, 0.3) is 0 Å². The maximum atomic E-state index is 12.3. The van der Waals surface area contributed by atoms with Crippen LogP contribution in [0.15, 0.2) is 30.3 Å². The number of hydrogen-bond donors (Lipinski definition) is 1. The second kappa shape index (κ2) is 6.70. The van der Waals surface area contributed by atoms with Gasteiger partial charge in [0.15, 0.2) is 0 Å². The summed E-state index contributed by atoms with van der Waals surface area (Å²) in [5.74, 6) is 0.215. The smallest absolute Gasteiger partial charge is 0.215 e. The molecule has 1 aliphatic heterocycles. The molecule has 2 rings (SSSR count). The maximum absolute atomic E-state index is 12.3. The fraction of sp³-hybridized carbons (Fsp3) is 0.538.